The number of methoxy groups -OCH3 is 1. The quantitative estimate of drug-likeness (QED) is 0.790. The molecule has 0 aliphatic carbocycles. The average Bonchev–Trinajstić information content (AvgIpc) is 2.52. The molecule has 0 bridgehead atoms. The van der Waals surface area contributed by atoms with Crippen molar-refractivity contribution in [3.8, 4) is 5.75 Å². The fraction of sp³-hybridized carbons (Fsp3) is 0.375. The van der Waals surface area contributed by atoms with E-state index in [-0.39, 0.29) is 18.4 Å². The molecule has 6 nitrogen and oxygen atoms in total. The van der Waals surface area contributed by atoms with Crippen LogP contribution in [0.3, 0.4) is 0 Å². The Bertz CT molecular complexity index is 600. The molecule has 0 fully saturated rings. The third kappa shape index (κ3) is 3.46. The van der Waals surface area contributed by atoms with Crippen LogP contribution in [0.2, 0.25) is 0 Å². The summed E-state index contributed by atoms with van der Waals surface area (Å²) in [5.74, 6) is 0.178. The van der Waals surface area contributed by atoms with Crippen molar-refractivity contribution in [3.63, 3.8) is 0 Å². The summed E-state index contributed by atoms with van der Waals surface area (Å²) in [6.45, 7) is 5.99. The van der Waals surface area contributed by atoms with Crippen LogP contribution in [0.1, 0.15) is 13.3 Å². The Kier molecular flexibility index (Phi) is 4.82. The lowest BCUT2D eigenvalue weighted by molar-refractivity contribution is -0.123. The predicted molar refractivity (Wildman–Crippen MR) is 84.0 cm³/mol. The van der Waals surface area contributed by atoms with Gasteiger partial charge in [0.1, 0.15) is 5.75 Å². The fourth-order valence-electron chi connectivity index (χ4n) is 2.05. The molecule has 1 aliphatic rings. The van der Waals surface area contributed by atoms with Gasteiger partial charge in [-0.05, 0) is 25.5 Å². The second-order valence-corrected chi connectivity index (χ2v) is 5.37. The normalized spacial score (nSPS) is 15.8. The molecule has 1 unspecified atom stereocenters. The highest BCUT2D eigenvalue weighted by Gasteiger charge is 2.29. The Morgan fingerprint density at radius 3 is 3.05 bits per heavy atom. The molecule has 1 heterocycles. The molecule has 2 N–H and O–H groups in total. The number of anilines is 2. The lowest BCUT2D eigenvalue weighted by Crippen LogP contribution is -2.33. The Morgan fingerprint density at radius 1 is 1.59 bits per heavy atom. The van der Waals surface area contributed by atoms with E-state index in [2.05, 4.69) is 17.2 Å². The third-order valence-corrected chi connectivity index (χ3v) is 3.67. The summed E-state index contributed by atoms with van der Waals surface area (Å²) in [6.07, 6.45) is 2.16. The molecule has 0 saturated carbocycles. The number of carbonyl (C=O) groups is 2. The zero-order chi connectivity index (χ0) is 16.2. The minimum absolute atomic E-state index is 0.0252. The van der Waals surface area contributed by atoms with Gasteiger partial charge in [-0.15, -0.1) is 6.58 Å². The van der Waals surface area contributed by atoms with Crippen LogP contribution >= 0.6 is 0 Å². The number of ether oxygens (including phenoxy) is 2. The number of rotatable bonds is 6. The maximum absolute atomic E-state index is 12.4. The van der Waals surface area contributed by atoms with E-state index in [9.17, 15) is 9.59 Å². The third-order valence-electron chi connectivity index (χ3n) is 3.67. The summed E-state index contributed by atoms with van der Waals surface area (Å²) in [4.78, 5) is 23.7. The number of hydrogen-bond donors (Lipinski definition) is 2. The largest absolute Gasteiger partial charge is 0.482 e. The van der Waals surface area contributed by atoms with Crippen molar-refractivity contribution >= 4 is 23.2 Å². The van der Waals surface area contributed by atoms with Crippen molar-refractivity contribution in [1.29, 1.82) is 0 Å². The van der Waals surface area contributed by atoms with Gasteiger partial charge in [-0.1, -0.05) is 6.08 Å². The van der Waals surface area contributed by atoms with Crippen LogP contribution in [0.25, 0.3) is 0 Å². The standard InChI is InChI=1S/C16H20N2O4/c1-4-16(2,7-8-21-3)15(20)17-11-5-6-12-13(9-11)22-10-14(19)18-12/h4-6,9H,1,7-8,10H2,2-3H3,(H,17,20)(H,18,19). The number of carbonyl (C=O) groups excluding carboxylic acids is 2. The van der Waals surface area contributed by atoms with E-state index >= 15 is 0 Å². The van der Waals surface area contributed by atoms with Crippen molar-refractivity contribution in [1.82, 2.24) is 0 Å². The first kappa shape index (κ1) is 16.0. The lowest BCUT2D eigenvalue weighted by atomic mass is 9.86. The molecular weight excluding hydrogens is 284 g/mol. The van der Waals surface area contributed by atoms with Crippen molar-refractivity contribution in [3.05, 3.63) is 30.9 Å². The van der Waals surface area contributed by atoms with E-state index in [0.29, 0.717) is 30.2 Å². The summed E-state index contributed by atoms with van der Waals surface area (Å²) < 4.78 is 10.4. The SMILES string of the molecule is C=CC(C)(CCOC)C(=O)Nc1ccc2c(c1)OCC(=O)N2. The first-order chi connectivity index (χ1) is 10.5. The van der Waals surface area contributed by atoms with E-state index in [1.54, 1.807) is 31.4 Å². The Hall–Kier alpha value is -2.34. The highest BCUT2D eigenvalue weighted by molar-refractivity contribution is 5.98. The number of amides is 2. The second-order valence-electron chi connectivity index (χ2n) is 5.37. The van der Waals surface area contributed by atoms with Gasteiger partial charge in [0.25, 0.3) is 5.91 Å². The molecule has 22 heavy (non-hydrogen) atoms. The molecular formula is C16H20N2O4. The van der Waals surface area contributed by atoms with Gasteiger partial charge in [0.2, 0.25) is 5.91 Å². The molecule has 1 aliphatic heterocycles. The lowest BCUT2D eigenvalue weighted by Gasteiger charge is -2.25. The first-order valence-corrected chi connectivity index (χ1v) is 6.99. The Balaban J connectivity index is 2.11. The van der Waals surface area contributed by atoms with Crippen molar-refractivity contribution in [2.75, 3.05) is 31.0 Å². The minimum Gasteiger partial charge on any atom is -0.482 e. The maximum Gasteiger partial charge on any atom is 0.262 e. The zero-order valence-corrected chi connectivity index (χ0v) is 12.8. The van der Waals surface area contributed by atoms with Crippen LogP contribution in [-0.4, -0.2) is 32.1 Å². The molecule has 0 aromatic heterocycles. The van der Waals surface area contributed by atoms with E-state index in [4.69, 9.17) is 9.47 Å². The van der Waals surface area contributed by atoms with Gasteiger partial charge in [-0.3, -0.25) is 9.59 Å². The number of nitrogens with one attached hydrogen (secondary N) is 2. The maximum atomic E-state index is 12.4. The Labute approximate surface area is 129 Å². The van der Waals surface area contributed by atoms with Crippen molar-refractivity contribution < 1.29 is 19.1 Å². The second kappa shape index (κ2) is 6.62. The highest BCUT2D eigenvalue weighted by Crippen LogP contribution is 2.32. The molecule has 0 saturated heterocycles. The summed E-state index contributed by atoms with van der Waals surface area (Å²) >= 11 is 0. The molecule has 1 atom stereocenters. The summed E-state index contributed by atoms with van der Waals surface area (Å²) in [5, 5.41) is 5.55. The summed E-state index contributed by atoms with van der Waals surface area (Å²) in [7, 11) is 1.59. The molecule has 118 valence electrons. The van der Waals surface area contributed by atoms with Gasteiger partial charge >= 0.3 is 0 Å². The van der Waals surface area contributed by atoms with Crippen LogP contribution in [0.5, 0.6) is 5.75 Å². The number of benzene rings is 1. The molecule has 2 amide bonds. The number of fused-ring (bicyclic) bond motifs is 1. The molecule has 1 aromatic carbocycles. The Morgan fingerprint density at radius 2 is 2.36 bits per heavy atom. The smallest absolute Gasteiger partial charge is 0.262 e. The topological polar surface area (TPSA) is 76.7 Å². The van der Waals surface area contributed by atoms with Crippen LogP contribution in [0.4, 0.5) is 11.4 Å². The van der Waals surface area contributed by atoms with Gasteiger partial charge in [-0.2, -0.15) is 0 Å². The predicted octanol–water partition coefficient (Wildman–Crippen LogP) is 2.18. The molecule has 2 rings (SSSR count). The van der Waals surface area contributed by atoms with E-state index in [1.807, 2.05) is 6.92 Å². The zero-order valence-electron chi connectivity index (χ0n) is 12.8. The first-order valence-electron chi connectivity index (χ1n) is 6.99. The van der Waals surface area contributed by atoms with E-state index in [0.717, 1.165) is 0 Å². The molecule has 6 heteroatoms. The summed E-state index contributed by atoms with van der Waals surface area (Å²) in [6, 6.07) is 5.10. The van der Waals surface area contributed by atoms with Crippen LogP contribution in [-0.2, 0) is 14.3 Å². The van der Waals surface area contributed by atoms with E-state index < -0.39 is 5.41 Å². The van der Waals surface area contributed by atoms with Gasteiger partial charge < -0.3 is 20.1 Å². The monoisotopic (exact) mass is 304 g/mol. The fourth-order valence-corrected chi connectivity index (χ4v) is 2.05. The van der Waals surface area contributed by atoms with Crippen LogP contribution in [0, 0.1) is 5.41 Å². The number of hydrogen-bond acceptors (Lipinski definition) is 4. The van der Waals surface area contributed by atoms with Crippen LogP contribution in [0.15, 0.2) is 30.9 Å². The minimum atomic E-state index is -0.721. The van der Waals surface area contributed by atoms with Crippen molar-refractivity contribution in [2.45, 2.75) is 13.3 Å². The summed E-state index contributed by atoms with van der Waals surface area (Å²) in [5.41, 5.74) is 0.478. The average molecular weight is 304 g/mol. The van der Waals surface area contributed by atoms with E-state index in [1.165, 1.54) is 0 Å². The van der Waals surface area contributed by atoms with Crippen LogP contribution < -0.4 is 15.4 Å². The molecule has 1 aromatic rings. The van der Waals surface area contributed by atoms with Crippen molar-refractivity contribution in [2.24, 2.45) is 5.41 Å². The highest BCUT2D eigenvalue weighted by atomic mass is 16.5. The van der Waals surface area contributed by atoms with Gasteiger partial charge in [0, 0.05) is 25.5 Å². The van der Waals surface area contributed by atoms with Gasteiger partial charge in [-0.25, -0.2) is 0 Å². The van der Waals surface area contributed by atoms with Gasteiger partial charge in [0.15, 0.2) is 6.61 Å². The van der Waals surface area contributed by atoms with Gasteiger partial charge in [0.05, 0.1) is 11.1 Å². The molecule has 0 radical (unpaired) electrons. The molecule has 0 spiro atoms.